The zero-order valence-corrected chi connectivity index (χ0v) is 13.3. The minimum atomic E-state index is 0.351. The van der Waals surface area contributed by atoms with Crippen LogP contribution in [-0.2, 0) is 4.79 Å². The summed E-state index contributed by atoms with van der Waals surface area (Å²) >= 11 is 0. The van der Waals surface area contributed by atoms with Gasteiger partial charge in [-0.05, 0) is 37.2 Å². The van der Waals surface area contributed by atoms with Crippen molar-refractivity contribution in [3.8, 4) is 0 Å². The van der Waals surface area contributed by atoms with E-state index in [2.05, 4.69) is 21.2 Å². The van der Waals surface area contributed by atoms with Crippen molar-refractivity contribution in [2.45, 2.75) is 57.3 Å². The van der Waals surface area contributed by atoms with E-state index in [9.17, 15) is 4.79 Å². The van der Waals surface area contributed by atoms with Gasteiger partial charge in [-0.2, -0.15) is 5.10 Å². The van der Waals surface area contributed by atoms with E-state index in [0.717, 1.165) is 31.8 Å². The average molecular weight is 301 g/mol. The molecule has 3 unspecified atom stereocenters. The van der Waals surface area contributed by atoms with E-state index in [1.165, 1.54) is 44.2 Å². The van der Waals surface area contributed by atoms with Gasteiger partial charge in [0.1, 0.15) is 0 Å². The fourth-order valence-electron chi connectivity index (χ4n) is 4.74. The van der Waals surface area contributed by atoms with Gasteiger partial charge in [-0.15, -0.1) is 0 Å². The van der Waals surface area contributed by atoms with Crippen LogP contribution < -0.4 is 0 Å². The SMILES string of the molecule is O=C(C1CC1C1CCCCC1)N1CCCC(c2ccn[nH]2)C1. The molecule has 22 heavy (non-hydrogen) atoms. The number of hydrogen-bond donors (Lipinski definition) is 1. The number of nitrogens with one attached hydrogen (secondary N) is 1. The Morgan fingerprint density at radius 2 is 2.05 bits per heavy atom. The number of aromatic amines is 1. The molecule has 3 aliphatic rings. The number of amides is 1. The molecule has 3 atom stereocenters. The summed E-state index contributed by atoms with van der Waals surface area (Å²) in [6.45, 7) is 1.84. The first-order valence-electron chi connectivity index (χ1n) is 9.11. The third kappa shape index (κ3) is 2.80. The number of hydrogen-bond acceptors (Lipinski definition) is 2. The molecule has 3 fully saturated rings. The Morgan fingerprint density at radius 3 is 2.82 bits per heavy atom. The van der Waals surface area contributed by atoms with Crippen molar-refractivity contribution in [2.75, 3.05) is 13.1 Å². The third-order valence-electron chi connectivity index (χ3n) is 6.11. The van der Waals surface area contributed by atoms with E-state index in [1.807, 2.05) is 6.20 Å². The number of nitrogens with zero attached hydrogens (tertiary/aromatic N) is 2. The quantitative estimate of drug-likeness (QED) is 0.931. The highest BCUT2D eigenvalue weighted by molar-refractivity contribution is 5.82. The Hall–Kier alpha value is -1.32. The van der Waals surface area contributed by atoms with E-state index < -0.39 is 0 Å². The van der Waals surface area contributed by atoms with E-state index in [0.29, 0.717) is 23.7 Å². The molecule has 0 bridgehead atoms. The number of carbonyl (C=O) groups excluding carboxylic acids is 1. The lowest BCUT2D eigenvalue weighted by atomic mass is 9.85. The summed E-state index contributed by atoms with van der Waals surface area (Å²) in [4.78, 5) is 15.0. The minimum absolute atomic E-state index is 0.351. The average Bonchev–Trinajstić information content (AvgIpc) is 3.19. The summed E-state index contributed by atoms with van der Waals surface area (Å²) in [6.07, 6.45) is 12.2. The highest BCUT2D eigenvalue weighted by Gasteiger charge is 2.49. The molecule has 2 saturated carbocycles. The summed E-state index contributed by atoms with van der Waals surface area (Å²) in [7, 11) is 0. The summed E-state index contributed by atoms with van der Waals surface area (Å²) in [5.74, 6) is 2.80. The van der Waals surface area contributed by atoms with Crippen LogP contribution in [0.1, 0.15) is 63.0 Å². The Kier molecular flexibility index (Phi) is 3.93. The number of rotatable bonds is 3. The van der Waals surface area contributed by atoms with Crippen LogP contribution in [0.3, 0.4) is 0 Å². The predicted molar refractivity (Wildman–Crippen MR) is 85.3 cm³/mol. The van der Waals surface area contributed by atoms with E-state index in [1.54, 1.807) is 0 Å². The summed E-state index contributed by atoms with van der Waals surface area (Å²) in [5, 5.41) is 7.14. The molecule has 0 aromatic carbocycles. The molecule has 120 valence electrons. The Morgan fingerprint density at radius 1 is 1.18 bits per heavy atom. The standard InChI is InChI=1S/C18H27N3O/c22-18(16-11-15(16)13-5-2-1-3-6-13)21-10-4-7-14(12-21)17-8-9-19-20-17/h8-9,13-16H,1-7,10-12H2,(H,19,20). The van der Waals surface area contributed by atoms with Crippen molar-refractivity contribution in [3.05, 3.63) is 18.0 Å². The van der Waals surface area contributed by atoms with Crippen LogP contribution in [-0.4, -0.2) is 34.1 Å². The Labute approximate surface area is 132 Å². The molecular weight excluding hydrogens is 274 g/mol. The fourth-order valence-corrected chi connectivity index (χ4v) is 4.74. The van der Waals surface area contributed by atoms with Crippen molar-refractivity contribution in [1.29, 1.82) is 0 Å². The lowest BCUT2D eigenvalue weighted by molar-refractivity contribution is -0.134. The highest BCUT2D eigenvalue weighted by Crippen LogP contribution is 2.50. The van der Waals surface area contributed by atoms with Gasteiger partial charge < -0.3 is 4.90 Å². The number of likely N-dealkylation sites (tertiary alicyclic amines) is 1. The highest BCUT2D eigenvalue weighted by atomic mass is 16.2. The molecule has 1 aromatic heterocycles. The van der Waals surface area contributed by atoms with Gasteiger partial charge in [-0.25, -0.2) is 0 Å². The first-order chi connectivity index (χ1) is 10.8. The molecule has 1 N–H and O–H groups in total. The molecule has 4 heteroatoms. The van der Waals surface area contributed by atoms with Crippen molar-refractivity contribution < 1.29 is 4.79 Å². The topological polar surface area (TPSA) is 49.0 Å². The number of carbonyl (C=O) groups is 1. The van der Waals surface area contributed by atoms with E-state index in [-0.39, 0.29) is 0 Å². The van der Waals surface area contributed by atoms with Crippen LogP contribution in [0, 0.1) is 17.8 Å². The van der Waals surface area contributed by atoms with Gasteiger partial charge in [0, 0.05) is 36.8 Å². The Balaban J connectivity index is 1.35. The van der Waals surface area contributed by atoms with Crippen LogP contribution in [0.15, 0.2) is 12.3 Å². The van der Waals surface area contributed by atoms with Gasteiger partial charge in [-0.3, -0.25) is 9.89 Å². The molecular formula is C18H27N3O. The maximum atomic E-state index is 12.8. The molecule has 1 aliphatic heterocycles. The maximum Gasteiger partial charge on any atom is 0.226 e. The molecule has 4 rings (SSSR count). The number of H-pyrrole nitrogens is 1. The summed E-state index contributed by atoms with van der Waals surface area (Å²) in [5.41, 5.74) is 1.19. The second-order valence-electron chi connectivity index (χ2n) is 7.54. The smallest absolute Gasteiger partial charge is 0.226 e. The van der Waals surface area contributed by atoms with Crippen LogP contribution in [0.2, 0.25) is 0 Å². The maximum absolute atomic E-state index is 12.8. The lowest BCUT2D eigenvalue weighted by Gasteiger charge is -2.33. The first-order valence-corrected chi connectivity index (χ1v) is 9.11. The van der Waals surface area contributed by atoms with Crippen molar-refractivity contribution in [3.63, 3.8) is 0 Å². The van der Waals surface area contributed by atoms with Gasteiger partial charge in [0.15, 0.2) is 0 Å². The monoisotopic (exact) mass is 301 g/mol. The van der Waals surface area contributed by atoms with Crippen molar-refractivity contribution >= 4 is 5.91 Å². The minimum Gasteiger partial charge on any atom is -0.342 e. The molecule has 1 amide bonds. The third-order valence-corrected chi connectivity index (χ3v) is 6.11. The summed E-state index contributed by atoms with van der Waals surface area (Å²) < 4.78 is 0. The van der Waals surface area contributed by atoms with Gasteiger partial charge in [0.2, 0.25) is 5.91 Å². The van der Waals surface area contributed by atoms with Crippen LogP contribution in [0.25, 0.3) is 0 Å². The van der Waals surface area contributed by atoms with Crippen LogP contribution in [0.5, 0.6) is 0 Å². The van der Waals surface area contributed by atoms with E-state index >= 15 is 0 Å². The number of piperidine rings is 1. The molecule has 1 aromatic rings. The van der Waals surface area contributed by atoms with Gasteiger partial charge in [0.25, 0.3) is 0 Å². The van der Waals surface area contributed by atoms with E-state index in [4.69, 9.17) is 0 Å². The molecule has 2 heterocycles. The van der Waals surface area contributed by atoms with Gasteiger partial charge in [-0.1, -0.05) is 32.1 Å². The van der Waals surface area contributed by atoms with Crippen molar-refractivity contribution in [1.82, 2.24) is 15.1 Å². The van der Waals surface area contributed by atoms with Crippen molar-refractivity contribution in [2.24, 2.45) is 17.8 Å². The van der Waals surface area contributed by atoms with Crippen LogP contribution >= 0.6 is 0 Å². The van der Waals surface area contributed by atoms with Gasteiger partial charge in [0.05, 0.1) is 0 Å². The fraction of sp³-hybridized carbons (Fsp3) is 0.778. The molecule has 0 spiro atoms. The normalized spacial score (nSPS) is 32.9. The molecule has 0 radical (unpaired) electrons. The zero-order chi connectivity index (χ0) is 14.9. The molecule has 2 aliphatic carbocycles. The summed E-state index contributed by atoms with van der Waals surface area (Å²) in [6, 6.07) is 2.06. The first kappa shape index (κ1) is 14.3. The largest absolute Gasteiger partial charge is 0.342 e. The molecule has 1 saturated heterocycles. The Bertz CT molecular complexity index is 506. The second-order valence-corrected chi connectivity index (χ2v) is 7.54. The molecule has 4 nitrogen and oxygen atoms in total. The zero-order valence-electron chi connectivity index (χ0n) is 13.3. The van der Waals surface area contributed by atoms with Crippen LogP contribution in [0.4, 0.5) is 0 Å². The van der Waals surface area contributed by atoms with Gasteiger partial charge >= 0.3 is 0 Å². The lowest BCUT2D eigenvalue weighted by Crippen LogP contribution is -2.40. The predicted octanol–water partition coefficient (Wildman–Crippen LogP) is 3.33. The second kappa shape index (κ2) is 6.05. The number of aromatic nitrogens is 2.